The number of hydrogen-bond donors (Lipinski definition) is 2. The molecule has 1 aliphatic heterocycles. The van der Waals surface area contributed by atoms with Gasteiger partial charge in [0.2, 0.25) is 0 Å². The number of allylic oxidation sites excluding steroid dienone is 1. The Morgan fingerprint density at radius 1 is 1.42 bits per heavy atom. The van der Waals surface area contributed by atoms with Crippen LogP contribution in [0.15, 0.2) is 33.9 Å². The number of nitro groups is 1. The minimum Gasteiger partial charge on any atom is -0.459 e. The molecule has 1 aromatic rings. The Morgan fingerprint density at radius 3 is 2.67 bits per heavy atom. The number of hydrogen-bond acceptors (Lipinski definition) is 5. The molecule has 0 aromatic heterocycles. The molecule has 24 heavy (non-hydrogen) atoms. The number of non-ortho nitro benzene ring substituents is 1. The van der Waals surface area contributed by atoms with E-state index in [1.165, 1.54) is 18.2 Å². The zero-order valence-electron chi connectivity index (χ0n) is 13.3. The molecule has 1 unspecified atom stereocenters. The Balaban J connectivity index is 2.55. The molecule has 128 valence electrons. The first-order valence-electron chi connectivity index (χ1n) is 7.13. The number of amides is 2. The first-order chi connectivity index (χ1) is 11.2. The predicted octanol–water partition coefficient (Wildman–Crippen LogP) is 2.94. The minimum atomic E-state index is -0.862. The number of nitro benzene ring substituents is 1. The van der Waals surface area contributed by atoms with Gasteiger partial charge in [0.15, 0.2) is 0 Å². The topological polar surface area (TPSA) is 111 Å². The summed E-state index contributed by atoms with van der Waals surface area (Å²) in [6.07, 6.45) is -0.343. The normalized spacial score (nSPS) is 17.4. The molecule has 0 radical (unpaired) electrons. The summed E-state index contributed by atoms with van der Waals surface area (Å²) in [6.45, 7) is 5.00. The second kappa shape index (κ2) is 7.00. The van der Waals surface area contributed by atoms with Crippen LogP contribution >= 0.6 is 15.9 Å². The summed E-state index contributed by atoms with van der Waals surface area (Å²) in [7, 11) is 0. The smallest absolute Gasteiger partial charge is 0.338 e. The number of nitrogens with zero attached hydrogens (tertiary/aromatic N) is 1. The summed E-state index contributed by atoms with van der Waals surface area (Å²) in [6, 6.07) is 2.79. The molecule has 1 heterocycles. The second-order valence-corrected chi connectivity index (χ2v) is 6.34. The van der Waals surface area contributed by atoms with Gasteiger partial charge in [-0.3, -0.25) is 10.1 Å². The van der Waals surface area contributed by atoms with Crippen LogP contribution in [0.25, 0.3) is 0 Å². The molecule has 0 bridgehead atoms. The van der Waals surface area contributed by atoms with E-state index in [4.69, 9.17) is 4.74 Å². The largest absolute Gasteiger partial charge is 0.459 e. The van der Waals surface area contributed by atoms with E-state index in [0.717, 1.165) is 0 Å². The lowest BCUT2D eigenvalue weighted by molar-refractivity contribution is -0.384. The highest BCUT2D eigenvalue weighted by Gasteiger charge is 2.34. The van der Waals surface area contributed by atoms with Crippen molar-refractivity contribution in [2.75, 3.05) is 0 Å². The van der Waals surface area contributed by atoms with Gasteiger partial charge in [-0.2, -0.15) is 0 Å². The van der Waals surface area contributed by atoms with Crippen molar-refractivity contribution in [1.82, 2.24) is 10.6 Å². The molecule has 0 spiro atoms. The van der Waals surface area contributed by atoms with Crippen LogP contribution < -0.4 is 10.6 Å². The van der Waals surface area contributed by atoms with Gasteiger partial charge in [0.1, 0.15) is 0 Å². The van der Waals surface area contributed by atoms with E-state index in [1.54, 1.807) is 20.8 Å². The van der Waals surface area contributed by atoms with Gasteiger partial charge in [-0.05, 0) is 26.8 Å². The summed E-state index contributed by atoms with van der Waals surface area (Å²) in [4.78, 5) is 34.7. The molecular weight excluding hydrogens is 382 g/mol. The number of urea groups is 1. The lowest BCUT2D eigenvalue weighted by Crippen LogP contribution is -2.45. The van der Waals surface area contributed by atoms with Gasteiger partial charge in [-0.1, -0.05) is 15.9 Å². The first kappa shape index (κ1) is 17.9. The number of benzene rings is 1. The van der Waals surface area contributed by atoms with E-state index < -0.39 is 23.0 Å². The molecule has 2 amide bonds. The van der Waals surface area contributed by atoms with Crippen molar-refractivity contribution in [3.05, 3.63) is 49.6 Å². The number of ether oxygens (including phenoxy) is 1. The Labute approximate surface area is 146 Å². The number of nitrogens with one attached hydrogen (secondary N) is 2. The summed E-state index contributed by atoms with van der Waals surface area (Å²) in [5, 5.41) is 16.2. The van der Waals surface area contributed by atoms with Crippen LogP contribution in [0.3, 0.4) is 0 Å². The maximum Gasteiger partial charge on any atom is 0.338 e. The molecule has 9 heteroatoms. The van der Waals surface area contributed by atoms with Crippen LogP contribution in [-0.4, -0.2) is 23.0 Å². The van der Waals surface area contributed by atoms with Crippen LogP contribution in [0.5, 0.6) is 0 Å². The SMILES string of the molecule is CC1=C(C(=O)OC(C)C)C(c2cc([N+](=O)[O-])ccc2Br)NC(=O)N1. The van der Waals surface area contributed by atoms with Gasteiger partial charge in [0, 0.05) is 27.9 Å². The maximum atomic E-state index is 12.4. The third-order valence-corrected chi connectivity index (χ3v) is 4.06. The minimum absolute atomic E-state index is 0.143. The fourth-order valence-corrected chi connectivity index (χ4v) is 2.82. The van der Waals surface area contributed by atoms with Gasteiger partial charge in [-0.15, -0.1) is 0 Å². The van der Waals surface area contributed by atoms with Crippen molar-refractivity contribution in [3.8, 4) is 0 Å². The highest BCUT2D eigenvalue weighted by Crippen LogP contribution is 2.34. The van der Waals surface area contributed by atoms with E-state index in [-0.39, 0.29) is 17.4 Å². The zero-order valence-corrected chi connectivity index (χ0v) is 14.8. The quantitative estimate of drug-likeness (QED) is 0.460. The summed E-state index contributed by atoms with van der Waals surface area (Å²) in [5.74, 6) is -0.599. The first-order valence-corrected chi connectivity index (χ1v) is 7.93. The van der Waals surface area contributed by atoms with Crippen molar-refractivity contribution in [2.24, 2.45) is 0 Å². The number of carbonyl (C=O) groups is 2. The van der Waals surface area contributed by atoms with E-state index in [1.807, 2.05) is 0 Å². The van der Waals surface area contributed by atoms with Gasteiger partial charge in [0.25, 0.3) is 5.69 Å². The third-order valence-electron chi connectivity index (χ3n) is 3.33. The van der Waals surface area contributed by atoms with Crippen LogP contribution in [0, 0.1) is 10.1 Å². The average Bonchev–Trinajstić information content (AvgIpc) is 2.45. The average molecular weight is 398 g/mol. The number of rotatable bonds is 4. The zero-order chi connectivity index (χ0) is 18.0. The van der Waals surface area contributed by atoms with Gasteiger partial charge in [-0.25, -0.2) is 9.59 Å². The van der Waals surface area contributed by atoms with Gasteiger partial charge >= 0.3 is 12.0 Å². The van der Waals surface area contributed by atoms with Crippen molar-refractivity contribution in [2.45, 2.75) is 32.9 Å². The van der Waals surface area contributed by atoms with E-state index in [9.17, 15) is 19.7 Å². The molecule has 0 fully saturated rings. The molecular formula is C15H16BrN3O5. The van der Waals surface area contributed by atoms with Crippen LogP contribution in [0.4, 0.5) is 10.5 Å². The van der Waals surface area contributed by atoms with Crippen LogP contribution in [0.1, 0.15) is 32.4 Å². The molecule has 1 aliphatic rings. The Bertz CT molecular complexity index is 745. The second-order valence-electron chi connectivity index (χ2n) is 5.49. The predicted molar refractivity (Wildman–Crippen MR) is 89.1 cm³/mol. The Kier molecular flexibility index (Phi) is 5.23. The van der Waals surface area contributed by atoms with Crippen LogP contribution in [0.2, 0.25) is 0 Å². The van der Waals surface area contributed by atoms with E-state index in [2.05, 4.69) is 26.6 Å². The Morgan fingerprint density at radius 2 is 2.08 bits per heavy atom. The van der Waals surface area contributed by atoms with Crippen molar-refractivity contribution in [3.63, 3.8) is 0 Å². The third kappa shape index (κ3) is 3.73. The molecule has 0 saturated heterocycles. The molecule has 0 aliphatic carbocycles. The van der Waals surface area contributed by atoms with Crippen molar-refractivity contribution >= 4 is 33.6 Å². The van der Waals surface area contributed by atoms with Gasteiger partial charge in [0.05, 0.1) is 22.6 Å². The highest BCUT2D eigenvalue weighted by atomic mass is 79.9. The maximum absolute atomic E-state index is 12.4. The number of esters is 1. The van der Waals surface area contributed by atoms with Crippen molar-refractivity contribution < 1.29 is 19.2 Å². The monoisotopic (exact) mass is 397 g/mol. The summed E-state index contributed by atoms with van der Waals surface area (Å²) < 4.78 is 5.76. The molecule has 0 saturated carbocycles. The molecule has 2 rings (SSSR count). The Hall–Kier alpha value is -2.42. The number of halogens is 1. The van der Waals surface area contributed by atoms with Crippen LogP contribution in [-0.2, 0) is 9.53 Å². The van der Waals surface area contributed by atoms with Crippen molar-refractivity contribution in [1.29, 1.82) is 0 Å². The fourth-order valence-electron chi connectivity index (χ4n) is 2.34. The van der Waals surface area contributed by atoms with Gasteiger partial charge < -0.3 is 15.4 Å². The van der Waals surface area contributed by atoms with E-state index in [0.29, 0.717) is 15.7 Å². The highest BCUT2D eigenvalue weighted by molar-refractivity contribution is 9.10. The molecule has 2 N–H and O–H groups in total. The van der Waals surface area contributed by atoms with E-state index >= 15 is 0 Å². The lowest BCUT2D eigenvalue weighted by Gasteiger charge is -2.29. The number of carbonyl (C=O) groups excluding carboxylic acids is 2. The molecule has 1 aromatic carbocycles. The summed E-state index contributed by atoms with van der Waals surface area (Å²) >= 11 is 3.31. The molecule has 8 nitrogen and oxygen atoms in total. The summed E-state index contributed by atoms with van der Waals surface area (Å²) in [5.41, 5.74) is 0.793. The standard InChI is InChI=1S/C15H16BrN3O5/c1-7(2)24-14(20)12-8(3)17-15(21)18-13(12)10-6-9(19(22)23)4-5-11(10)16/h4-7,13H,1-3H3,(H2,17,18,21). The lowest BCUT2D eigenvalue weighted by atomic mass is 9.95. The molecule has 1 atom stereocenters. The fraction of sp³-hybridized carbons (Fsp3) is 0.333.